The van der Waals surface area contributed by atoms with E-state index < -0.39 is 0 Å². The predicted octanol–water partition coefficient (Wildman–Crippen LogP) is 2.90. The fourth-order valence-electron chi connectivity index (χ4n) is 2.02. The van der Waals surface area contributed by atoms with Gasteiger partial charge in [-0.2, -0.15) is 0 Å². The Morgan fingerprint density at radius 1 is 1.35 bits per heavy atom. The quantitative estimate of drug-likeness (QED) is 0.871. The van der Waals surface area contributed by atoms with Crippen LogP contribution < -0.4 is 5.32 Å². The number of halogens is 1. The van der Waals surface area contributed by atoms with Gasteiger partial charge in [-0.15, -0.1) is 0 Å². The Morgan fingerprint density at radius 2 is 2.00 bits per heavy atom. The average Bonchev–Trinajstić information content (AvgIpc) is 2.27. The molecule has 0 aromatic heterocycles. The maximum atomic E-state index is 5.87. The molecule has 1 unspecified atom stereocenters. The molecule has 1 aromatic rings. The standard InChI is InChI=1S/C14H20ClNO/c1-11(16-8-14(2)9-17-10-14)7-12-3-5-13(15)6-4-12/h3-6,11,16H,7-10H2,1-2H3. The van der Waals surface area contributed by atoms with Crippen molar-refractivity contribution in [2.75, 3.05) is 19.8 Å². The predicted molar refractivity (Wildman–Crippen MR) is 71.5 cm³/mol. The second-order valence-corrected chi connectivity index (χ2v) is 5.85. The van der Waals surface area contributed by atoms with Crippen LogP contribution in [-0.4, -0.2) is 25.8 Å². The zero-order valence-electron chi connectivity index (χ0n) is 10.5. The summed E-state index contributed by atoms with van der Waals surface area (Å²) >= 11 is 5.87. The molecule has 94 valence electrons. The van der Waals surface area contributed by atoms with Crippen LogP contribution in [0.3, 0.4) is 0 Å². The molecule has 0 spiro atoms. The van der Waals surface area contributed by atoms with Gasteiger partial charge in [0.2, 0.25) is 0 Å². The van der Waals surface area contributed by atoms with Gasteiger partial charge in [0.05, 0.1) is 13.2 Å². The minimum absolute atomic E-state index is 0.342. The van der Waals surface area contributed by atoms with Gasteiger partial charge in [0.15, 0.2) is 0 Å². The molecule has 0 radical (unpaired) electrons. The monoisotopic (exact) mass is 253 g/mol. The molecular formula is C14H20ClNO. The highest BCUT2D eigenvalue weighted by Crippen LogP contribution is 2.25. The molecule has 0 amide bonds. The molecule has 0 aliphatic carbocycles. The third kappa shape index (κ3) is 3.70. The Kier molecular flexibility index (Phi) is 4.08. The molecule has 17 heavy (non-hydrogen) atoms. The van der Waals surface area contributed by atoms with Crippen molar-refractivity contribution in [3.63, 3.8) is 0 Å². The van der Waals surface area contributed by atoms with Crippen molar-refractivity contribution in [3.8, 4) is 0 Å². The van der Waals surface area contributed by atoms with E-state index in [1.165, 1.54) is 5.56 Å². The summed E-state index contributed by atoms with van der Waals surface area (Å²) in [5, 5.41) is 4.37. The first-order valence-electron chi connectivity index (χ1n) is 6.13. The Labute approximate surface area is 108 Å². The number of hydrogen-bond donors (Lipinski definition) is 1. The van der Waals surface area contributed by atoms with Gasteiger partial charge in [-0.05, 0) is 31.0 Å². The van der Waals surface area contributed by atoms with Gasteiger partial charge in [0.25, 0.3) is 0 Å². The van der Waals surface area contributed by atoms with Crippen LogP contribution in [0.4, 0.5) is 0 Å². The number of nitrogens with one attached hydrogen (secondary N) is 1. The zero-order valence-corrected chi connectivity index (χ0v) is 11.3. The van der Waals surface area contributed by atoms with Crippen LogP contribution >= 0.6 is 11.6 Å². The van der Waals surface area contributed by atoms with E-state index in [-0.39, 0.29) is 0 Å². The van der Waals surface area contributed by atoms with E-state index in [1.807, 2.05) is 12.1 Å². The molecule has 0 bridgehead atoms. The van der Waals surface area contributed by atoms with Crippen molar-refractivity contribution in [3.05, 3.63) is 34.9 Å². The molecule has 1 fully saturated rings. The fraction of sp³-hybridized carbons (Fsp3) is 0.571. The van der Waals surface area contributed by atoms with Gasteiger partial charge in [0, 0.05) is 23.0 Å². The Hall–Kier alpha value is -0.570. The molecule has 3 heteroatoms. The number of rotatable bonds is 5. The zero-order chi connectivity index (χ0) is 12.3. The fourth-order valence-corrected chi connectivity index (χ4v) is 2.15. The molecule has 1 aliphatic heterocycles. The van der Waals surface area contributed by atoms with E-state index in [0.29, 0.717) is 11.5 Å². The summed E-state index contributed by atoms with van der Waals surface area (Å²) in [5.74, 6) is 0. The van der Waals surface area contributed by atoms with Crippen LogP contribution in [-0.2, 0) is 11.2 Å². The summed E-state index contributed by atoms with van der Waals surface area (Å²) in [7, 11) is 0. The van der Waals surface area contributed by atoms with Crippen molar-refractivity contribution in [1.29, 1.82) is 0 Å². The van der Waals surface area contributed by atoms with E-state index in [4.69, 9.17) is 16.3 Å². The van der Waals surface area contributed by atoms with Crippen molar-refractivity contribution in [2.24, 2.45) is 5.41 Å². The summed E-state index contributed by atoms with van der Waals surface area (Å²) in [6, 6.07) is 8.56. The van der Waals surface area contributed by atoms with Crippen molar-refractivity contribution < 1.29 is 4.74 Å². The highest BCUT2D eigenvalue weighted by molar-refractivity contribution is 6.30. The molecular weight excluding hydrogens is 234 g/mol. The highest BCUT2D eigenvalue weighted by atomic mass is 35.5. The summed E-state index contributed by atoms with van der Waals surface area (Å²) in [6.45, 7) is 7.28. The van der Waals surface area contributed by atoms with Crippen LogP contribution in [0.5, 0.6) is 0 Å². The van der Waals surface area contributed by atoms with E-state index >= 15 is 0 Å². The smallest absolute Gasteiger partial charge is 0.0554 e. The molecule has 1 aromatic carbocycles. The Morgan fingerprint density at radius 3 is 2.53 bits per heavy atom. The summed E-state index contributed by atoms with van der Waals surface area (Å²) in [4.78, 5) is 0. The first-order chi connectivity index (χ1) is 8.07. The second-order valence-electron chi connectivity index (χ2n) is 5.42. The summed E-state index contributed by atoms with van der Waals surface area (Å²) in [5.41, 5.74) is 1.67. The van der Waals surface area contributed by atoms with Crippen molar-refractivity contribution in [2.45, 2.75) is 26.3 Å². The van der Waals surface area contributed by atoms with Gasteiger partial charge in [0.1, 0.15) is 0 Å². The van der Waals surface area contributed by atoms with E-state index in [9.17, 15) is 0 Å². The third-order valence-electron chi connectivity index (χ3n) is 3.23. The topological polar surface area (TPSA) is 21.3 Å². The van der Waals surface area contributed by atoms with Gasteiger partial charge in [-0.1, -0.05) is 30.7 Å². The number of ether oxygens (including phenoxy) is 1. The van der Waals surface area contributed by atoms with Crippen LogP contribution in [0.2, 0.25) is 5.02 Å². The first kappa shape index (κ1) is 12.9. The largest absolute Gasteiger partial charge is 0.380 e. The summed E-state index contributed by atoms with van der Waals surface area (Å²) < 4.78 is 5.25. The molecule has 2 rings (SSSR count). The van der Waals surface area contributed by atoms with Crippen LogP contribution in [0.1, 0.15) is 19.4 Å². The van der Waals surface area contributed by atoms with Gasteiger partial charge in [-0.25, -0.2) is 0 Å². The first-order valence-corrected chi connectivity index (χ1v) is 6.51. The molecule has 1 heterocycles. The minimum Gasteiger partial charge on any atom is -0.380 e. The lowest BCUT2D eigenvalue weighted by Gasteiger charge is -2.39. The molecule has 1 N–H and O–H groups in total. The van der Waals surface area contributed by atoms with Crippen LogP contribution in [0.15, 0.2) is 24.3 Å². The highest BCUT2D eigenvalue weighted by Gasteiger charge is 2.33. The molecule has 1 aliphatic rings. The molecule has 0 saturated carbocycles. The number of hydrogen-bond acceptors (Lipinski definition) is 2. The third-order valence-corrected chi connectivity index (χ3v) is 3.49. The van der Waals surface area contributed by atoms with Crippen molar-refractivity contribution in [1.82, 2.24) is 5.32 Å². The van der Waals surface area contributed by atoms with Gasteiger partial charge >= 0.3 is 0 Å². The van der Waals surface area contributed by atoms with E-state index in [0.717, 1.165) is 31.2 Å². The van der Waals surface area contributed by atoms with Gasteiger partial charge < -0.3 is 10.1 Å². The van der Waals surface area contributed by atoms with Gasteiger partial charge in [-0.3, -0.25) is 0 Å². The Bertz CT molecular complexity index is 359. The lowest BCUT2D eigenvalue weighted by molar-refractivity contribution is -0.0998. The maximum absolute atomic E-state index is 5.87. The second kappa shape index (κ2) is 5.38. The maximum Gasteiger partial charge on any atom is 0.0554 e. The van der Waals surface area contributed by atoms with Crippen LogP contribution in [0, 0.1) is 5.41 Å². The lowest BCUT2D eigenvalue weighted by Crippen LogP contribution is -2.49. The van der Waals surface area contributed by atoms with Crippen LogP contribution in [0.25, 0.3) is 0 Å². The van der Waals surface area contributed by atoms with E-state index in [1.54, 1.807) is 0 Å². The molecule has 1 saturated heterocycles. The number of benzene rings is 1. The lowest BCUT2D eigenvalue weighted by atomic mass is 9.88. The Balaban J connectivity index is 1.76. The average molecular weight is 254 g/mol. The van der Waals surface area contributed by atoms with Crippen molar-refractivity contribution >= 4 is 11.6 Å². The SMILES string of the molecule is CC(Cc1ccc(Cl)cc1)NCC1(C)COC1. The normalized spacial score (nSPS) is 19.7. The molecule has 1 atom stereocenters. The molecule has 2 nitrogen and oxygen atoms in total. The summed E-state index contributed by atoms with van der Waals surface area (Å²) in [6.07, 6.45) is 1.04. The minimum atomic E-state index is 0.342. The van der Waals surface area contributed by atoms with E-state index in [2.05, 4.69) is 31.3 Å².